The van der Waals surface area contributed by atoms with Crippen LogP contribution >= 0.6 is 11.3 Å². The maximum atomic E-state index is 11.0. The summed E-state index contributed by atoms with van der Waals surface area (Å²) < 4.78 is 11.2. The quantitative estimate of drug-likeness (QED) is 0.453. The number of hydrogen-bond donors (Lipinski definition) is 2. The molecule has 29 heavy (non-hydrogen) atoms. The number of amides is 1. The van der Waals surface area contributed by atoms with E-state index in [1.807, 2.05) is 53.6 Å². The molecule has 0 saturated carbocycles. The Morgan fingerprint density at radius 1 is 1.34 bits per heavy atom. The van der Waals surface area contributed by atoms with Gasteiger partial charge in [0.05, 0.1) is 19.3 Å². The second-order valence-corrected chi connectivity index (χ2v) is 6.91. The number of carbonyl (C=O) groups is 1. The first-order valence-electron chi connectivity index (χ1n) is 9.05. The highest BCUT2D eigenvalue weighted by atomic mass is 32.1. The van der Waals surface area contributed by atoms with Crippen molar-refractivity contribution in [3.8, 4) is 17.2 Å². The largest absolute Gasteiger partial charge is 0.495 e. The van der Waals surface area contributed by atoms with E-state index in [0.29, 0.717) is 41.4 Å². The van der Waals surface area contributed by atoms with Gasteiger partial charge in [-0.1, -0.05) is 12.1 Å². The molecule has 1 amide bonds. The molecule has 0 atom stereocenters. The molecule has 0 fully saturated rings. The third-order valence-corrected chi connectivity index (χ3v) is 4.83. The Balaban J connectivity index is 1.79. The molecule has 2 heterocycles. The average Bonchev–Trinajstić information content (AvgIpc) is 3.36. The molecule has 0 aliphatic carbocycles. The van der Waals surface area contributed by atoms with Crippen molar-refractivity contribution in [2.45, 2.75) is 20.4 Å². The number of nitrogens with zero attached hydrogens (tertiary/aromatic N) is 3. The van der Waals surface area contributed by atoms with E-state index in [-0.39, 0.29) is 5.91 Å². The summed E-state index contributed by atoms with van der Waals surface area (Å²) in [5.74, 6) is 2.19. The highest BCUT2D eigenvalue weighted by Crippen LogP contribution is 2.30. The summed E-state index contributed by atoms with van der Waals surface area (Å²) in [5, 5.41) is 5.07. The molecule has 0 radical (unpaired) electrons. The highest BCUT2D eigenvalue weighted by molar-refractivity contribution is 7.13. The predicted molar refractivity (Wildman–Crippen MR) is 115 cm³/mol. The van der Waals surface area contributed by atoms with Crippen LogP contribution in [0.4, 0.5) is 10.8 Å². The maximum Gasteiger partial charge on any atom is 0.217 e. The van der Waals surface area contributed by atoms with Gasteiger partial charge >= 0.3 is 0 Å². The van der Waals surface area contributed by atoms with Gasteiger partial charge in [0.15, 0.2) is 5.76 Å². The Morgan fingerprint density at radius 2 is 2.14 bits per heavy atom. The van der Waals surface area contributed by atoms with Crippen molar-refractivity contribution in [1.82, 2.24) is 10.3 Å². The van der Waals surface area contributed by atoms with Crippen LogP contribution in [0.3, 0.4) is 0 Å². The van der Waals surface area contributed by atoms with E-state index in [4.69, 9.17) is 14.9 Å². The minimum Gasteiger partial charge on any atom is -0.495 e. The molecule has 152 valence electrons. The summed E-state index contributed by atoms with van der Waals surface area (Å²) in [5.41, 5.74) is 7.76. The van der Waals surface area contributed by atoms with Gasteiger partial charge in [0, 0.05) is 18.8 Å². The fourth-order valence-electron chi connectivity index (χ4n) is 2.72. The summed E-state index contributed by atoms with van der Waals surface area (Å²) in [4.78, 5) is 21.8. The number of para-hydroxylation sites is 2. The lowest BCUT2D eigenvalue weighted by Crippen LogP contribution is -2.37. The number of benzene rings is 1. The van der Waals surface area contributed by atoms with Crippen molar-refractivity contribution < 1.29 is 13.9 Å². The zero-order valence-electron chi connectivity index (χ0n) is 16.5. The molecular formula is C20H23N5O3S. The van der Waals surface area contributed by atoms with Crippen molar-refractivity contribution in [3.63, 3.8) is 0 Å². The molecule has 0 aliphatic heterocycles. The lowest BCUT2D eigenvalue weighted by atomic mass is 10.2. The predicted octanol–water partition coefficient (Wildman–Crippen LogP) is 3.52. The second-order valence-electron chi connectivity index (χ2n) is 6.08. The van der Waals surface area contributed by atoms with Gasteiger partial charge in [-0.3, -0.25) is 4.79 Å². The fraction of sp³-hybridized carbons (Fsp3) is 0.250. The van der Waals surface area contributed by atoms with Crippen LogP contribution < -0.4 is 20.7 Å². The van der Waals surface area contributed by atoms with E-state index >= 15 is 0 Å². The number of nitrogens with two attached hydrogens (primary N) is 1. The number of rotatable bonds is 7. The molecule has 0 saturated heterocycles. The number of aliphatic imine (C=N–C) groups is 1. The van der Waals surface area contributed by atoms with Crippen LogP contribution in [-0.2, 0) is 11.3 Å². The molecule has 0 spiro atoms. The summed E-state index contributed by atoms with van der Waals surface area (Å²) in [6.07, 6.45) is 0. The zero-order chi connectivity index (χ0) is 20.8. The molecule has 0 unspecified atom stereocenters. The number of methoxy groups -OCH3 is 1. The molecule has 3 rings (SSSR count). The Kier molecular flexibility index (Phi) is 6.50. The minimum atomic E-state index is -0.112. The lowest BCUT2D eigenvalue weighted by molar-refractivity contribution is -0.119. The van der Waals surface area contributed by atoms with E-state index in [9.17, 15) is 4.79 Å². The minimum absolute atomic E-state index is 0.112. The van der Waals surface area contributed by atoms with Gasteiger partial charge in [-0.2, -0.15) is 4.99 Å². The summed E-state index contributed by atoms with van der Waals surface area (Å²) in [6, 6.07) is 11.3. The number of nitrogens with one attached hydrogen (secondary N) is 1. The third kappa shape index (κ3) is 4.94. The molecule has 3 aromatic rings. The fourth-order valence-corrected chi connectivity index (χ4v) is 3.40. The SMILES string of the molecule is CCN(C(N)=Nc1nc(-c2ccc(CNC(C)=O)o2)cs1)c1ccccc1OC. The second kappa shape index (κ2) is 9.24. The number of aromatic nitrogens is 1. The molecule has 1 aromatic carbocycles. The normalized spacial score (nSPS) is 11.3. The topological polar surface area (TPSA) is 106 Å². The number of furan rings is 1. The number of hydrogen-bond acceptors (Lipinski definition) is 6. The monoisotopic (exact) mass is 413 g/mol. The number of anilines is 1. The van der Waals surface area contributed by atoms with Gasteiger partial charge in [-0.25, -0.2) is 4.98 Å². The van der Waals surface area contributed by atoms with Gasteiger partial charge in [0.1, 0.15) is 17.2 Å². The molecule has 3 N–H and O–H groups in total. The van der Waals surface area contributed by atoms with Crippen molar-refractivity contribution >= 4 is 34.0 Å². The summed E-state index contributed by atoms with van der Waals surface area (Å²) in [6.45, 7) is 4.41. The number of carbonyl (C=O) groups excluding carboxylic acids is 1. The smallest absolute Gasteiger partial charge is 0.217 e. The van der Waals surface area contributed by atoms with E-state index < -0.39 is 0 Å². The average molecular weight is 414 g/mol. The van der Waals surface area contributed by atoms with Crippen LogP contribution in [0.15, 0.2) is 51.2 Å². The maximum absolute atomic E-state index is 11.0. The number of guanidine groups is 1. The van der Waals surface area contributed by atoms with Crippen LogP contribution in [0, 0.1) is 0 Å². The number of ether oxygens (including phenoxy) is 1. The first-order chi connectivity index (χ1) is 14.0. The van der Waals surface area contributed by atoms with Crippen molar-refractivity contribution in [2.24, 2.45) is 10.7 Å². The zero-order valence-corrected chi connectivity index (χ0v) is 17.3. The van der Waals surface area contributed by atoms with Crippen LogP contribution in [-0.4, -0.2) is 30.5 Å². The van der Waals surface area contributed by atoms with E-state index in [2.05, 4.69) is 15.3 Å². The number of thiazole rings is 1. The molecule has 8 nitrogen and oxygen atoms in total. The van der Waals surface area contributed by atoms with Crippen LogP contribution in [0.25, 0.3) is 11.5 Å². The van der Waals surface area contributed by atoms with Gasteiger partial charge in [-0.05, 0) is 31.2 Å². The Hall–Kier alpha value is -3.33. The van der Waals surface area contributed by atoms with Crippen molar-refractivity contribution in [1.29, 1.82) is 0 Å². The molecular weight excluding hydrogens is 390 g/mol. The molecule has 0 bridgehead atoms. The van der Waals surface area contributed by atoms with Crippen molar-refractivity contribution in [2.75, 3.05) is 18.6 Å². The molecule has 9 heteroatoms. The van der Waals surface area contributed by atoms with Crippen LogP contribution in [0.2, 0.25) is 0 Å². The third-order valence-electron chi connectivity index (χ3n) is 4.10. The van der Waals surface area contributed by atoms with Gasteiger partial charge in [-0.15, -0.1) is 11.3 Å². The first kappa shape index (κ1) is 20.4. The Labute approximate surface area is 173 Å². The van der Waals surface area contributed by atoms with Gasteiger partial charge in [0.2, 0.25) is 17.0 Å². The van der Waals surface area contributed by atoms with Gasteiger partial charge < -0.3 is 25.1 Å². The first-order valence-corrected chi connectivity index (χ1v) is 9.93. The van der Waals surface area contributed by atoms with Crippen molar-refractivity contribution in [3.05, 3.63) is 47.5 Å². The van der Waals surface area contributed by atoms with Crippen LogP contribution in [0.5, 0.6) is 5.75 Å². The summed E-state index contributed by atoms with van der Waals surface area (Å²) in [7, 11) is 1.62. The molecule has 0 aliphatic rings. The van der Waals surface area contributed by atoms with E-state index in [1.165, 1.54) is 18.3 Å². The van der Waals surface area contributed by atoms with E-state index in [1.54, 1.807) is 7.11 Å². The lowest BCUT2D eigenvalue weighted by Gasteiger charge is -2.23. The summed E-state index contributed by atoms with van der Waals surface area (Å²) >= 11 is 1.37. The standard InChI is InChI=1S/C20H23N5O3S/c1-4-25(16-7-5-6-8-18(16)27-3)19(21)24-20-23-15(12-29-20)17-10-9-14(28-17)11-22-13(2)26/h5-10,12H,4,11H2,1-3H3,(H,22,26)(H2,21,23,24). The Bertz CT molecular complexity index is 1010. The Morgan fingerprint density at radius 3 is 2.86 bits per heavy atom. The van der Waals surface area contributed by atoms with Gasteiger partial charge in [0.25, 0.3) is 0 Å². The molecule has 2 aromatic heterocycles. The van der Waals surface area contributed by atoms with E-state index in [0.717, 1.165) is 11.4 Å². The van der Waals surface area contributed by atoms with Crippen LogP contribution in [0.1, 0.15) is 19.6 Å². The highest BCUT2D eigenvalue weighted by Gasteiger charge is 2.15.